The van der Waals surface area contributed by atoms with E-state index in [1.54, 1.807) is 0 Å². The molecule has 1 aliphatic heterocycles. The van der Waals surface area contributed by atoms with Crippen LogP contribution in [0.25, 0.3) is 0 Å². The van der Waals surface area contributed by atoms with Gasteiger partial charge in [0.05, 0.1) is 12.2 Å². The highest BCUT2D eigenvalue weighted by Crippen LogP contribution is 2.31. The average molecular weight is 232 g/mol. The van der Waals surface area contributed by atoms with Crippen LogP contribution in [0.15, 0.2) is 12.4 Å². The fourth-order valence-electron chi connectivity index (χ4n) is 1.61. The highest BCUT2D eigenvalue weighted by Gasteiger charge is 2.52. The molecule has 2 rings (SSSR count). The summed E-state index contributed by atoms with van der Waals surface area (Å²) >= 11 is 0. The Labute approximate surface area is 85.4 Å². The SMILES string of the molecule is CC1C(n2ccnn2)C(=O)N1S(=O)(=O)O. The van der Waals surface area contributed by atoms with Crippen LogP contribution in [0.1, 0.15) is 13.0 Å². The van der Waals surface area contributed by atoms with Gasteiger partial charge in [-0.3, -0.25) is 9.35 Å². The lowest BCUT2D eigenvalue weighted by atomic mass is 10.0. The molecule has 1 aromatic heterocycles. The molecule has 9 heteroatoms. The summed E-state index contributed by atoms with van der Waals surface area (Å²) in [4.78, 5) is 11.4. The van der Waals surface area contributed by atoms with Crippen LogP contribution in [0.3, 0.4) is 0 Å². The molecule has 1 aliphatic rings. The van der Waals surface area contributed by atoms with Crippen LogP contribution in [0, 0.1) is 0 Å². The van der Waals surface area contributed by atoms with Crippen LogP contribution in [0.4, 0.5) is 0 Å². The van der Waals surface area contributed by atoms with Crippen molar-refractivity contribution in [3.63, 3.8) is 0 Å². The van der Waals surface area contributed by atoms with E-state index in [4.69, 9.17) is 4.55 Å². The summed E-state index contributed by atoms with van der Waals surface area (Å²) in [5.41, 5.74) is 0. The van der Waals surface area contributed by atoms with Gasteiger partial charge in [-0.1, -0.05) is 5.21 Å². The topological polar surface area (TPSA) is 105 Å². The highest BCUT2D eigenvalue weighted by molar-refractivity contribution is 7.84. The number of amides is 1. The molecule has 0 spiro atoms. The molecule has 1 aromatic rings. The van der Waals surface area contributed by atoms with E-state index in [9.17, 15) is 13.2 Å². The number of rotatable bonds is 2. The molecule has 1 N–H and O–H groups in total. The van der Waals surface area contributed by atoms with Crippen molar-refractivity contribution in [3.8, 4) is 0 Å². The third-order valence-corrected chi connectivity index (χ3v) is 3.28. The third-order valence-electron chi connectivity index (χ3n) is 2.27. The number of nitrogens with zero attached hydrogens (tertiary/aromatic N) is 4. The fourth-order valence-corrected chi connectivity index (χ4v) is 2.48. The first-order valence-electron chi connectivity index (χ1n) is 4.09. The molecule has 1 amide bonds. The Bertz CT molecular complexity index is 481. The van der Waals surface area contributed by atoms with Crippen molar-refractivity contribution in [1.82, 2.24) is 19.3 Å². The summed E-state index contributed by atoms with van der Waals surface area (Å²) in [6, 6.07) is -1.37. The van der Waals surface area contributed by atoms with Gasteiger partial charge >= 0.3 is 10.3 Å². The minimum Gasteiger partial charge on any atom is -0.271 e. The summed E-state index contributed by atoms with van der Waals surface area (Å²) in [7, 11) is -4.47. The Morgan fingerprint density at radius 1 is 1.53 bits per heavy atom. The summed E-state index contributed by atoms with van der Waals surface area (Å²) in [6.45, 7) is 1.50. The molecule has 0 aliphatic carbocycles. The first kappa shape index (κ1) is 10.1. The second-order valence-corrected chi connectivity index (χ2v) is 4.47. The normalized spacial score (nSPS) is 26.5. The lowest BCUT2D eigenvalue weighted by Crippen LogP contribution is -2.61. The molecule has 0 aromatic carbocycles. The van der Waals surface area contributed by atoms with Crippen molar-refractivity contribution in [1.29, 1.82) is 0 Å². The number of carbonyl (C=O) groups excluding carboxylic acids is 1. The molecule has 8 nitrogen and oxygen atoms in total. The lowest BCUT2D eigenvalue weighted by Gasteiger charge is -2.41. The molecule has 0 bridgehead atoms. The van der Waals surface area contributed by atoms with Crippen LogP contribution >= 0.6 is 0 Å². The van der Waals surface area contributed by atoms with Crippen LogP contribution < -0.4 is 0 Å². The average Bonchev–Trinajstić information content (AvgIpc) is 2.54. The molecule has 0 saturated carbocycles. The number of hydrogen-bond acceptors (Lipinski definition) is 5. The minimum atomic E-state index is -4.47. The van der Waals surface area contributed by atoms with Gasteiger partial charge in [0.15, 0.2) is 6.04 Å². The Hall–Kier alpha value is -1.48. The maximum absolute atomic E-state index is 11.4. The predicted octanol–water partition coefficient (Wildman–Crippen LogP) is -1.15. The largest absolute Gasteiger partial charge is 0.362 e. The van der Waals surface area contributed by atoms with Gasteiger partial charge in [-0.05, 0) is 6.92 Å². The van der Waals surface area contributed by atoms with E-state index in [0.717, 1.165) is 0 Å². The zero-order valence-electron chi connectivity index (χ0n) is 7.68. The van der Waals surface area contributed by atoms with E-state index in [1.165, 1.54) is 24.0 Å². The van der Waals surface area contributed by atoms with Gasteiger partial charge in [0, 0.05) is 6.20 Å². The van der Waals surface area contributed by atoms with Crippen LogP contribution in [0.5, 0.6) is 0 Å². The van der Waals surface area contributed by atoms with Gasteiger partial charge in [0.1, 0.15) is 0 Å². The first-order valence-corrected chi connectivity index (χ1v) is 5.49. The quantitative estimate of drug-likeness (QED) is 0.510. The zero-order valence-corrected chi connectivity index (χ0v) is 8.49. The second kappa shape index (κ2) is 3.00. The smallest absolute Gasteiger partial charge is 0.271 e. The van der Waals surface area contributed by atoms with Gasteiger partial charge in [-0.15, -0.1) is 5.10 Å². The van der Waals surface area contributed by atoms with Crippen molar-refractivity contribution >= 4 is 16.2 Å². The third kappa shape index (κ3) is 1.39. The Balaban J connectivity index is 2.27. The fraction of sp³-hybridized carbons (Fsp3) is 0.500. The molecule has 0 radical (unpaired) electrons. The molecule has 2 atom stereocenters. The number of hydrogen-bond donors (Lipinski definition) is 1. The van der Waals surface area contributed by atoms with Crippen molar-refractivity contribution < 1.29 is 17.8 Å². The summed E-state index contributed by atoms with van der Waals surface area (Å²) in [6.07, 6.45) is 2.84. The van der Waals surface area contributed by atoms with E-state index in [1.807, 2.05) is 0 Å². The van der Waals surface area contributed by atoms with Gasteiger partial charge in [-0.25, -0.2) is 8.99 Å². The van der Waals surface area contributed by atoms with Crippen molar-refractivity contribution in [3.05, 3.63) is 12.4 Å². The van der Waals surface area contributed by atoms with Gasteiger partial charge in [0.25, 0.3) is 5.91 Å². The summed E-state index contributed by atoms with van der Waals surface area (Å²) in [5, 5.41) is 7.11. The van der Waals surface area contributed by atoms with Crippen molar-refractivity contribution in [2.45, 2.75) is 19.0 Å². The molecule has 1 fully saturated rings. The van der Waals surface area contributed by atoms with E-state index in [2.05, 4.69) is 10.3 Å². The monoisotopic (exact) mass is 232 g/mol. The summed E-state index contributed by atoms with van der Waals surface area (Å²) in [5.74, 6) is -0.712. The lowest BCUT2D eigenvalue weighted by molar-refractivity contribution is -0.145. The minimum absolute atomic E-state index is 0.416. The van der Waals surface area contributed by atoms with Crippen LogP contribution in [0.2, 0.25) is 0 Å². The maximum atomic E-state index is 11.4. The van der Waals surface area contributed by atoms with Gasteiger partial charge < -0.3 is 0 Å². The van der Waals surface area contributed by atoms with Crippen molar-refractivity contribution in [2.75, 3.05) is 0 Å². The molecule has 2 heterocycles. The molecule has 15 heavy (non-hydrogen) atoms. The Morgan fingerprint density at radius 3 is 2.60 bits per heavy atom. The van der Waals surface area contributed by atoms with Crippen LogP contribution in [-0.4, -0.2) is 44.2 Å². The van der Waals surface area contributed by atoms with E-state index < -0.39 is 28.3 Å². The number of β-lactam (4-membered cyclic amide) rings is 1. The predicted molar refractivity (Wildman–Crippen MR) is 46.9 cm³/mol. The molecule has 1 saturated heterocycles. The van der Waals surface area contributed by atoms with E-state index in [-0.39, 0.29) is 0 Å². The summed E-state index contributed by atoms with van der Waals surface area (Å²) < 4.78 is 31.9. The molecule has 2 unspecified atom stereocenters. The second-order valence-electron chi connectivity index (χ2n) is 3.18. The molecular formula is C6H8N4O4S. The van der Waals surface area contributed by atoms with Crippen LogP contribution in [-0.2, 0) is 15.1 Å². The maximum Gasteiger partial charge on any atom is 0.362 e. The molecule has 82 valence electrons. The van der Waals surface area contributed by atoms with E-state index >= 15 is 0 Å². The standard InChI is InChI=1S/C6H8N4O4S/c1-4-5(9-3-2-7-8-9)6(11)10(4)15(12,13)14/h2-5H,1H3,(H,12,13,14). The molecular weight excluding hydrogens is 224 g/mol. The van der Waals surface area contributed by atoms with Gasteiger partial charge in [-0.2, -0.15) is 8.42 Å². The first-order chi connectivity index (χ1) is 6.93. The van der Waals surface area contributed by atoms with Gasteiger partial charge in [0.2, 0.25) is 0 Å². The number of carbonyl (C=O) groups is 1. The number of aromatic nitrogens is 3. The van der Waals surface area contributed by atoms with E-state index in [0.29, 0.717) is 4.31 Å². The Morgan fingerprint density at radius 2 is 2.20 bits per heavy atom. The Kier molecular flexibility index (Phi) is 2.01. The van der Waals surface area contributed by atoms with Crippen molar-refractivity contribution in [2.24, 2.45) is 0 Å². The highest BCUT2D eigenvalue weighted by atomic mass is 32.2. The zero-order chi connectivity index (χ0) is 11.2.